The van der Waals surface area contributed by atoms with Crippen LogP contribution in [0, 0.1) is 13.8 Å². The molecule has 2 aromatic rings. The van der Waals surface area contributed by atoms with Crippen molar-refractivity contribution in [2.24, 2.45) is 0 Å². The number of nitrogens with zero attached hydrogens (tertiary/aromatic N) is 2. The molecule has 0 aliphatic rings. The first-order chi connectivity index (χ1) is 8.22. The topological polar surface area (TPSA) is 37.8 Å². The molecule has 1 atom stereocenters. The van der Waals surface area contributed by atoms with Crippen LogP contribution in [0.2, 0.25) is 0 Å². The van der Waals surface area contributed by atoms with E-state index in [1.165, 1.54) is 15.3 Å². The molecule has 0 saturated carbocycles. The van der Waals surface area contributed by atoms with Crippen molar-refractivity contribution >= 4 is 11.3 Å². The highest BCUT2D eigenvalue weighted by Gasteiger charge is 2.17. The van der Waals surface area contributed by atoms with Crippen LogP contribution in [0.15, 0.2) is 24.7 Å². The summed E-state index contributed by atoms with van der Waals surface area (Å²) in [4.78, 5) is 11.2. The van der Waals surface area contributed by atoms with Crippen LogP contribution in [-0.2, 0) is 0 Å². The Bertz CT molecular complexity index is 459. The first kappa shape index (κ1) is 12.2. The summed E-state index contributed by atoms with van der Waals surface area (Å²) < 4.78 is 0. The summed E-state index contributed by atoms with van der Waals surface area (Å²) in [5.74, 6) is 0. The largest absolute Gasteiger partial charge is 0.305 e. The maximum Gasteiger partial charge on any atom is 0.0860 e. The highest BCUT2D eigenvalue weighted by Crippen LogP contribution is 2.29. The van der Waals surface area contributed by atoms with Crippen LogP contribution >= 0.6 is 11.3 Å². The predicted octanol–water partition coefficient (Wildman–Crippen LogP) is 2.85. The van der Waals surface area contributed by atoms with Crippen LogP contribution in [0.4, 0.5) is 0 Å². The van der Waals surface area contributed by atoms with Crippen LogP contribution in [0.5, 0.6) is 0 Å². The number of aryl methyl sites for hydroxylation is 2. The van der Waals surface area contributed by atoms with E-state index in [4.69, 9.17) is 0 Å². The SMILES string of the molecule is CCNC(c1cnccn1)c1cc(C)c(C)s1. The van der Waals surface area contributed by atoms with E-state index >= 15 is 0 Å². The van der Waals surface area contributed by atoms with E-state index in [-0.39, 0.29) is 6.04 Å². The van der Waals surface area contributed by atoms with Gasteiger partial charge in [0.05, 0.1) is 17.9 Å². The summed E-state index contributed by atoms with van der Waals surface area (Å²) in [7, 11) is 0. The molecule has 0 amide bonds. The molecule has 0 bridgehead atoms. The van der Waals surface area contributed by atoms with Gasteiger partial charge in [-0.3, -0.25) is 9.97 Å². The summed E-state index contributed by atoms with van der Waals surface area (Å²) in [5.41, 5.74) is 2.33. The summed E-state index contributed by atoms with van der Waals surface area (Å²) in [6.07, 6.45) is 5.28. The zero-order chi connectivity index (χ0) is 12.3. The second kappa shape index (κ2) is 5.38. The summed E-state index contributed by atoms with van der Waals surface area (Å²) in [6.45, 7) is 7.33. The van der Waals surface area contributed by atoms with Gasteiger partial charge in [0.25, 0.3) is 0 Å². The van der Waals surface area contributed by atoms with Crippen LogP contribution < -0.4 is 5.32 Å². The van der Waals surface area contributed by atoms with Crippen molar-refractivity contribution in [3.8, 4) is 0 Å². The minimum absolute atomic E-state index is 0.158. The lowest BCUT2D eigenvalue weighted by Gasteiger charge is -2.15. The molecular weight excluding hydrogens is 230 g/mol. The van der Waals surface area contributed by atoms with Crippen molar-refractivity contribution in [1.82, 2.24) is 15.3 Å². The Morgan fingerprint density at radius 1 is 1.35 bits per heavy atom. The number of rotatable bonds is 4. The van der Waals surface area contributed by atoms with Gasteiger partial charge in [-0.2, -0.15) is 0 Å². The van der Waals surface area contributed by atoms with Gasteiger partial charge in [0, 0.05) is 22.1 Å². The third-order valence-electron chi connectivity index (χ3n) is 2.76. The summed E-state index contributed by atoms with van der Waals surface area (Å²) >= 11 is 1.83. The van der Waals surface area contributed by atoms with E-state index in [1.54, 1.807) is 12.4 Å². The zero-order valence-electron chi connectivity index (χ0n) is 10.4. The van der Waals surface area contributed by atoms with Crippen molar-refractivity contribution < 1.29 is 0 Å². The predicted molar refractivity (Wildman–Crippen MR) is 71.3 cm³/mol. The van der Waals surface area contributed by atoms with E-state index in [0.29, 0.717) is 0 Å². The third kappa shape index (κ3) is 2.70. The second-order valence-electron chi connectivity index (χ2n) is 4.01. The molecule has 0 saturated heterocycles. The molecule has 0 spiro atoms. The molecule has 2 rings (SSSR count). The molecular formula is C13H17N3S. The van der Waals surface area contributed by atoms with Crippen LogP contribution in [-0.4, -0.2) is 16.5 Å². The molecule has 0 aromatic carbocycles. The molecule has 0 radical (unpaired) electrons. The number of aromatic nitrogens is 2. The van der Waals surface area contributed by atoms with E-state index in [9.17, 15) is 0 Å². The van der Waals surface area contributed by atoms with Gasteiger partial charge in [-0.1, -0.05) is 6.92 Å². The lowest BCUT2D eigenvalue weighted by Crippen LogP contribution is -2.22. The lowest BCUT2D eigenvalue weighted by atomic mass is 10.1. The van der Waals surface area contributed by atoms with Crippen LogP contribution in [0.3, 0.4) is 0 Å². The molecule has 0 aliphatic carbocycles. The Labute approximate surface area is 106 Å². The second-order valence-corrected chi connectivity index (χ2v) is 5.30. The molecule has 1 unspecified atom stereocenters. The van der Waals surface area contributed by atoms with Crippen molar-refractivity contribution in [2.45, 2.75) is 26.8 Å². The monoisotopic (exact) mass is 247 g/mol. The first-order valence-electron chi connectivity index (χ1n) is 5.78. The van der Waals surface area contributed by atoms with E-state index < -0.39 is 0 Å². The quantitative estimate of drug-likeness (QED) is 0.902. The van der Waals surface area contributed by atoms with Gasteiger partial charge < -0.3 is 5.32 Å². The Morgan fingerprint density at radius 2 is 2.18 bits per heavy atom. The Balaban J connectivity index is 2.35. The Hall–Kier alpha value is -1.26. The number of nitrogens with one attached hydrogen (secondary N) is 1. The number of hydrogen-bond acceptors (Lipinski definition) is 4. The van der Waals surface area contributed by atoms with Crippen LogP contribution in [0.1, 0.15) is 34.0 Å². The van der Waals surface area contributed by atoms with Crippen molar-refractivity contribution in [2.75, 3.05) is 6.54 Å². The highest BCUT2D eigenvalue weighted by atomic mass is 32.1. The van der Waals surface area contributed by atoms with E-state index in [2.05, 4.69) is 42.1 Å². The average molecular weight is 247 g/mol. The maximum atomic E-state index is 4.39. The molecule has 4 heteroatoms. The maximum absolute atomic E-state index is 4.39. The van der Waals surface area contributed by atoms with E-state index in [1.807, 2.05) is 17.5 Å². The molecule has 0 fully saturated rings. The molecule has 2 aromatic heterocycles. The fraction of sp³-hybridized carbons (Fsp3) is 0.385. The summed E-state index contributed by atoms with van der Waals surface area (Å²) in [6, 6.07) is 2.40. The standard InChI is InChI=1S/C13H17N3S/c1-4-15-13(11-8-14-5-6-16-11)12-7-9(2)10(3)17-12/h5-8,13,15H,4H2,1-3H3. The van der Waals surface area contributed by atoms with Crippen molar-refractivity contribution in [1.29, 1.82) is 0 Å². The highest BCUT2D eigenvalue weighted by molar-refractivity contribution is 7.12. The number of hydrogen-bond donors (Lipinski definition) is 1. The van der Waals surface area contributed by atoms with Gasteiger partial charge in [-0.25, -0.2) is 0 Å². The van der Waals surface area contributed by atoms with Crippen LogP contribution in [0.25, 0.3) is 0 Å². The smallest absolute Gasteiger partial charge is 0.0860 e. The van der Waals surface area contributed by atoms with Crippen molar-refractivity contribution in [3.63, 3.8) is 0 Å². The minimum Gasteiger partial charge on any atom is -0.305 e. The van der Waals surface area contributed by atoms with Gasteiger partial charge in [0.1, 0.15) is 0 Å². The van der Waals surface area contributed by atoms with Gasteiger partial charge in [0.15, 0.2) is 0 Å². The fourth-order valence-electron chi connectivity index (χ4n) is 1.76. The fourth-order valence-corrected chi connectivity index (χ4v) is 2.89. The van der Waals surface area contributed by atoms with Gasteiger partial charge in [0.2, 0.25) is 0 Å². The zero-order valence-corrected chi connectivity index (χ0v) is 11.2. The van der Waals surface area contributed by atoms with E-state index in [0.717, 1.165) is 12.2 Å². The molecule has 0 aliphatic heterocycles. The van der Waals surface area contributed by atoms with Crippen molar-refractivity contribution in [3.05, 3.63) is 45.7 Å². The van der Waals surface area contributed by atoms with Gasteiger partial charge >= 0.3 is 0 Å². The molecule has 17 heavy (non-hydrogen) atoms. The molecule has 2 heterocycles. The van der Waals surface area contributed by atoms with Gasteiger partial charge in [-0.05, 0) is 32.0 Å². The lowest BCUT2D eigenvalue weighted by molar-refractivity contribution is 0.621. The Kier molecular flexibility index (Phi) is 3.86. The van der Waals surface area contributed by atoms with Gasteiger partial charge in [-0.15, -0.1) is 11.3 Å². The average Bonchev–Trinajstić information content (AvgIpc) is 2.67. The molecule has 3 nitrogen and oxygen atoms in total. The number of thiophene rings is 1. The first-order valence-corrected chi connectivity index (χ1v) is 6.60. The molecule has 90 valence electrons. The minimum atomic E-state index is 0.158. The third-order valence-corrected chi connectivity index (χ3v) is 3.97. The Morgan fingerprint density at radius 3 is 2.71 bits per heavy atom. The summed E-state index contributed by atoms with van der Waals surface area (Å²) in [5, 5.41) is 3.46. The normalized spacial score (nSPS) is 12.6. The molecule has 1 N–H and O–H groups in total.